The van der Waals surface area contributed by atoms with E-state index in [1.165, 1.54) is 0 Å². The third kappa shape index (κ3) is 2.59. The number of guanidine groups is 1. The summed E-state index contributed by atoms with van der Waals surface area (Å²) in [5.41, 5.74) is 12.6. The molecule has 13 heavy (non-hydrogen) atoms. The quantitative estimate of drug-likeness (QED) is 0.432. The summed E-state index contributed by atoms with van der Waals surface area (Å²) < 4.78 is 0. The minimum atomic E-state index is -0.279. The van der Waals surface area contributed by atoms with E-state index in [1.807, 2.05) is 31.2 Å². The molecule has 0 bridgehead atoms. The van der Waals surface area contributed by atoms with Gasteiger partial charge in [-0.25, -0.2) is 0 Å². The molecule has 0 aliphatic carbocycles. The fraction of sp³-hybridized carbons (Fsp3) is 0.111. The number of hydrogen-bond acceptors (Lipinski definition) is 1. The number of aryl methyl sites for hydroxylation is 1. The Bertz CT molecular complexity index is 354. The van der Waals surface area contributed by atoms with Gasteiger partial charge in [-0.1, -0.05) is 23.8 Å². The first kappa shape index (κ1) is 9.25. The first-order valence-corrected chi connectivity index (χ1v) is 3.85. The second kappa shape index (κ2) is 3.71. The maximum Gasteiger partial charge on any atom is 0.214 e. The van der Waals surface area contributed by atoms with Crippen molar-refractivity contribution in [1.82, 2.24) is 0 Å². The highest BCUT2D eigenvalue weighted by Crippen LogP contribution is 2.02. The molecule has 1 rings (SSSR count). The van der Waals surface area contributed by atoms with Gasteiger partial charge in [-0.3, -0.25) is 5.41 Å². The lowest BCUT2D eigenvalue weighted by Crippen LogP contribution is -2.18. The molecule has 0 aliphatic rings. The van der Waals surface area contributed by atoms with Crippen molar-refractivity contribution in [3.8, 4) is 0 Å². The number of amidine groups is 1. The lowest BCUT2D eigenvalue weighted by molar-refractivity contribution is 1.36. The molecule has 0 radical (unpaired) electrons. The third-order valence-corrected chi connectivity index (χ3v) is 1.55. The molecule has 0 saturated heterocycles. The zero-order valence-electron chi connectivity index (χ0n) is 7.41. The summed E-state index contributed by atoms with van der Waals surface area (Å²) >= 11 is 0. The van der Waals surface area contributed by atoms with Crippen LogP contribution in [0.15, 0.2) is 29.3 Å². The molecule has 0 amide bonds. The van der Waals surface area contributed by atoms with Crippen molar-refractivity contribution in [2.45, 2.75) is 6.92 Å². The summed E-state index contributed by atoms with van der Waals surface area (Å²) in [6, 6.07) is 7.56. The Labute approximate surface area is 76.8 Å². The van der Waals surface area contributed by atoms with Gasteiger partial charge in [-0.15, -0.1) is 0 Å². The SMILES string of the molecule is Cc1cccc(/C(N)=N/C(=N)N)c1. The van der Waals surface area contributed by atoms with E-state index in [4.69, 9.17) is 16.9 Å². The highest BCUT2D eigenvalue weighted by Gasteiger charge is 1.97. The Morgan fingerprint density at radius 1 is 1.38 bits per heavy atom. The summed E-state index contributed by atoms with van der Waals surface area (Å²) in [6.45, 7) is 1.96. The van der Waals surface area contributed by atoms with E-state index in [0.29, 0.717) is 0 Å². The molecule has 0 fully saturated rings. The van der Waals surface area contributed by atoms with E-state index >= 15 is 0 Å². The highest BCUT2D eigenvalue weighted by atomic mass is 15.0. The molecule has 4 heteroatoms. The number of hydrogen-bond donors (Lipinski definition) is 3. The monoisotopic (exact) mass is 176 g/mol. The van der Waals surface area contributed by atoms with Crippen LogP contribution < -0.4 is 11.5 Å². The molecular formula is C9H12N4. The topological polar surface area (TPSA) is 88.2 Å². The minimum Gasteiger partial charge on any atom is -0.383 e. The van der Waals surface area contributed by atoms with Crippen LogP contribution >= 0.6 is 0 Å². The van der Waals surface area contributed by atoms with Gasteiger partial charge in [0.15, 0.2) is 0 Å². The average Bonchev–Trinajstić information content (AvgIpc) is 2.03. The first-order valence-electron chi connectivity index (χ1n) is 3.85. The van der Waals surface area contributed by atoms with Gasteiger partial charge in [0.2, 0.25) is 5.96 Å². The van der Waals surface area contributed by atoms with Gasteiger partial charge >= 0.3 is 0 Å². The summed E-state index contributed by atoms with van der Waals surface area (Å²) in [4.78, 5) is 3.64. The average molecular weight is 176 g/mol. The molecule has 4 nitrogen and oxygen atoms in total. The van der Waals surface area contributed by atoms with E-state index in [9.17, 15) is 0 Å². The molecule has 0 heterocycles. The predicted molar refractivity (Wildman–Crippen MR) is 53.8 cm³/mol. The predicted octanol–water partition coefficient (Wildman–Crippen LogP) is 0.594. The van der Waals surface area contributed by atoms with Gasteiger partial charge in [0.1, 0.15) is 5.84 Å². The second-order valence-electron chi connectivity index (χ2n) is 2.75. The van der Waals surface area contributed by atoms with E-state index in [1.54, 1.807) is 0 Å². The van der Waals surface area contributed by atoms with Crippen LogP contribution in [0.4, 0.5) is 0 Å². The molecule has 0 aliphatic heterocycles. The van der Waals surface area contributed by atoms with Gasteiger partial charge in [0, 0.05) is 5.56 Å². The zero-order chi connectivity index (χ0) is 9.84. The zero-order valence-corrected chi connectivity index (χ0v) is 7.41. The van der Waals surface area contributed by atoms with E-state index in [0.717, 1.165) is 11.1 Å². The van der Waals surface area contributed by atoms with Crippen molar-refractivity contribution in [3.63, 3.8) is 0 Å². The Kier molecular flexibility index (Phi) is 2.64. The van der Waals surface area contributed by atoms with E-state index in [2.05, 4.69) is 4.99 Å². The van der Waals surface area contributed by atoms with Gasteiger partial charge in [0.25, 0.3) is 0 Å². The maximum atomic E-state index is 6.94. The Morgan fingerprint density at radius 2 is 2.08 bits per heavy atom. The molecule has 1 aromatic rings. The van der Waals surface area contributed by atoms with E-state index in [-0.39, 0.29) is 11.8 Å². The third-order valence-electron chi connectivity index (χ3n) is 1.55. The molecule has 0 aromatic heterocycles. The molecule has 0 unspecified atom stereocenters. The van der Waals surface area contributed by atoms with Gasteiger partial charge in [-0.2, -0.15) is 4.99 Å². The molecule has 68 valence electrons. The van der Waals surface area contributed by atoms with Crippen molar-refractivity contribution in [2.24, 2.45) is 16.5 Å². The van der Waals surface area contributed by atoms with Crippen LogP contribution in [0.5, 0.6) is 0 Å². The second-order valence-corrected chi connectivity index (χ2v) is 2.75. The normalized spacial score (nSPS) is 11.3. The van der Waals surface area contributed by atoms with Crippen molar-refractivity contribution in [1.29, 1.82) is 5.41 Å². The molecule has 5 N–H and O–H groups in total. The van der Waals surface area contributed by atoms with Crippen molar-refractivity contribution in [2.75, 3.05) is 0 Å². The van der Waals surface area contributed by atoms with Crippen LogP contribution in [0.2, 0.25) is 0 Å². The van der Waals surface area contributed by atoms with Crippen LogP contribution in [-0.4, -0.2) is 11.8 Å². The number of aliphatic imine (C=N–C) groups is 1. The largest absolute Gasteiger partial charge is 0.383 e. The lowest BCUT2D eigenvalue weighted by atomic mass is 10.1. The number of nitrogens with two attached hydrogens (primary N) is 2. The summed E-state index contributed by atoms with van der Waals surface area (Å²) in [5, 5.41) is 6.94. The molecular weight excluding hydrogens is 164 g/mol. The molecule has 0 atom stereocenters. The van der Waals surface area contributed by atoms with Crippen LogP contribution in [-0.2, 0) is 0 Å². The summed E-state index contributed by atoms with van der Waals surface area (Å²) in [5.74, 6) is -0.00444. The molecule has 0 saturated carbocycles. The number of benzene rings is 1. The van der Waals surface area contributed by atoms with Crippen molar-refractivity contribution < 1.29 is 0 Å². The Hall–Kier alpha value is -1.84. The van der Waals surface area contributed by atoms with Crippen molar-refractivity contribution in [3.05, 3.63) is 35.4 Å². The van der Waals surface area contributed by atoms with Gasteiger partial charge in [0.05, 0.1) is 0 Å². The van der Waals surface area contributed by atoms with Crippen LogP contribution in [0.3, 0.4) is 0 Å². The minimum absolute atomic E-state index is 0.274. The Morgan fingerprint density at radius 3 is 2.62 bits per heavy atom. The Balaban J connectivity index is 3.02. The fourth-order valence-corrected chi connectivity index (χ4v) is 0.999. The highest BCUT2D eigenvalue weighted by molar-refractivity contribution is 6.03. The fourth-order valence-electron chi connectivity index (χ4n) is 0.999. The lowest BCUT2D eigenvalue weighted by Gasteiger charge is -2.00. The van der Waals surface area contributed by atoms with Gasteiger partial charge in [-0.05, 0) is 13.0 Å². The smallest absolute Gasteiger partial charge is 0.214 e. The first-order chi connectivity index (χ1) is 6.09. The van der Waals surface area contributed by atoms with Crippen molar-refractivity contribution >= 4 is 11.8 Å². The van der Waals surface area contributed by atoms with Gasteiger partial charge < -0.3 is 11.5 Å². The number of nitrogens with one attached hydrogen (secondary N) is 1. The van der Waals surface area contributed by atoms with E-state index < -0.39 is 0 Å². The molecule has 1 aromatic carbocycles. The van der Waals surface area contributed by atoms with Crippen LogP contribution in [0.25, 0.3) is 0 Å². The standard InChI is InChI=1S/C9H12N4/c1-6-3-2-4-7(5-6)8(10)13-9(11)12/h2-5H,1H3,(H5,10,11,12,13). The summed E-state index contributed by atoms with van der Waals surface area (Å²) in [6.07, 6.45) is 0. The van der Waals surface area contributed by atoms with Crippen LogP contribution in [0, 0.1) is 12.3 Å². The maximum absolute atomic E-state index is 6.94. The summed E-state index contributed by atoms with van der Waals surface area (Å²) in [7, 11) is 0. The number of nitrogens with zero attached hydrogens (tertiary/aromatic N) is 1. The number of rotatable bonds is 1. The van der Waals surface area contributed by atoms with Crippen LogP contribution in [0.1, 0.15) is 11.1 Å². The molecule has 0 spiro atoms.